The number of carbonyl (C=O) groups excluding carboxylic acids is 1. The average molecular weight is 479 g/mol. The van der Waals surface area contributed by atoms with Gasteiger partial charge in [-0.25, -0.2) is 4.39 Å². The number of methoxy groups -OCH3 is 1. The van der Waals surface area contributed by atoms with Gasteiger partial charge in [-0.15, -0.1) is 0 Å². The van der Waals surface area contributed by atoms with Crippen molar-refractivity contribution in [2.24, 2.45) is 0 Å². The van der Waals surface area contributed by atoms with Gasteiger partial charge in [0.15, 0.2) is 16.6 Å². The molecule has 1 saturated heterocycles. The van der Waals surface area contributed by atoms with Crippen LogP contribution in [0, 0.1) is 5.82 Å². The van der Waals surface area contributed by atoms with Crippen LogP contribution < -0.4 is 24.4 Å². The normalized spacial score (nSPS) is 14.3. The first-order chi connectivity index (χ1) is 16.5. The molecule has 1 aliphatic heterocycles. The lowest BCUT2D eigenvalue weighted by Gasteiger charge is -2.14. The van der Waals surface area contributed by atoms with Crippen LogP contribution in [0.4, 0.5) is 10.1 Å². The smallest absolute Gasteiger partial charge is 0.281 e. The predicted molar refractivity (Wildman–Crippen MR) is 133 cm³/mol. The number of hydrogen-bond acceptors (Lipinski definition) is 5. The van der Waals surface area contributed by atoms with E-state index in [1.54, 1.807) is 61.7 Å². The molecule has 0 spiro atoms. The zero-order valence-electron chi connectivity index (χ0n) is 18.7. The number of thiocarbonyl (C=S) groups is 1. The van der Waals surface area contributed by atoms with Crippen LogP contribution in [0.25, 0.3) is 6.08 Å². The SMILES string of the molecule is CCOc1cc(C=C2NC(=S)N(c3ccc(OC)cc3)C2=O)ccc1OCc1ccc(F)cc1. The molecule has 0 atom stereocenters. The Morgan fingerprint density at radius 2 is 1.74 bits per heavy atom. The number of hydrogen-bond donors (Lipinski definition) is 1. The van der Waals surface area contributed by atoms with Crippen molar-refractivity contribution in [2.45, 2.75) is 13.5 Å². The summed E-state index contributed by atoms with van der Waals surface area (Å²) in [7, 11) is 1.58. The van der Waals surface area contributed by atoms with Gasteiger partial charge in [0.25, 0.3) is 5.91 Å². The predicted octanol–water partition coefficient (Wildman–Crippen LogP) is 5.07. The number of carbonyl (C=O) groups is 1. The summed E-state index contributed by atoms with van der Waals surface area (Å²) >= 11 is 5.38. The lowest BCUT2D eigenvalue weighted by atomic mass is 10.1. The van der Waals surface area contributed by atoms with Crippen LogP contribution in [-0.4, -0.2) is 24.7 Å². The molecule has 0 bridgehead atoms. The number of rotatable bonds is 8. The van der Waals surface area contributed by atoms with E-state index >= 15 is 0 Å². The zero-order valence-corrected chi connectivity index (χ0v) is 19.5. The number of amides is 1. The third-order valence-corrected chi connectivity index (χ3v) is 5.38. The van der Waals surface area contributed by atoms with Crippen LogP contribution in [0.2, 0.25) is 0 Å². The van der Waals surface area contributed by atoms with E-state index in [-0.39, 0.29) is 18.3 Å². The molecular weight excluding hydrogens is 455 g/mol. The first kappa shape index (κ1) is 23.3. The Balaban J connectivity index is 1.53. The Kier molecular flexibility index (Phi) is 7.08. The summed E-state index contributed by atoms with van der Waals surface area (Å²) in [6.45, 7) is 2.59. The van der Waals surface area contributed by atoms with Crippen LogP contribution in [0.15, 0.2) is 72.4 Å². The number of anilines is 1. The molecule has 1 N–H and O–H groups in total. The average Bonchev–Trinajstić information content (AvgIpc) is 3.12. The Morgan fingerprint density at radius 1 is 1.00 bits per heavy atom. The highest BCUT2D eigenvalue weighted by Gasteiger charge is 2.32. The number of nitrogens with one attached hydrogen (secondary N) is 1. The van der Waals surface area contributed by atoms with Gasteiger partial charge in [-0.2, -0.15) is 0 Å². The Bertz CT molecular complexity index is 1230. The van der Waals surface area contributed by atoms with Crippen molar-refractivity contribution in [1.82, 2.24) is 5.32 Å². The Labute approximate surface area is 202 Å². The molecule has 1 heterocycles. The Morgan fingerprint density at radius 3 is 2.41 bits per heavy atom. The van der Waals surface area contributed by atoms with Crippen LogP contribution in [0.5, 0.6) is 17.2 Å². The van der Waals surface area contributed by atoms with Gasteiger partial charge < -0.3 is 19.5 Å². The maximum absolute atomic E-state index is 13.1. The monoisotopic (exact) mass is 478 g/mol. The van der Waals surface area contributed by atoms with Crippen molar-refractivity contribution in [3.63, 3.8) is 0 Å². The van der Waals surface area contributed by atoms with Crippen LogP contribution in [0.3, 0.4) is 0 Å². The number of halogens is 1. The largest absolute Gasteiger partial charge is 0.497 e. The first-order valence-corrected chi connectivity index (χ1v) is 11.0. The molecule has 1 amide bonds. The summed E-state index contributed by atoms with van der Waals surface area (Å²) in [4.78, 5) is 14.5. The van der Waals surface area contributed by atoms with E-state index in [2.05, 4.69) is 5.32 Å². The second-order valence-electron chi connectivity index (χ2n) is 7.38. The van der Waals surface area contributed by atoms with Crippen molar-refractivity contribution in [2.75, 3.05) is 18.6 Å². The lowest BCUT2D eigenvalue weighted by molar-refractivity contribution is -0.113. The van der Waals surface area contributed by atoms with Gasteiger partial charge in [0.05, 0.1) is 19.4 Å². The molecule has 8 heteroatoms. The molecule has 0 aromatic heterocycles. The molecule has 1 fully saturated rings. The number of ether oxygens (including phenoxy) is 3. The van der Waals surface area contributed by atoms with Crippen molar-refractivity contribution in [3.8, 4) is 17.2 Å². The fraction of sp³-hybridized carbons (Fsp3) is 0.154. The molecule has 174 valence electrons. The maximum atomic E-state index is 13.1. The molecule has 0 unspecified atom stereocenters. The highest BCUT2D eigenvalue weighted by molar-refractivity contribution is 7.80. The molecule has 4 rings (SSSR count). The van der Waals surface area contributed by atoms with Crippen LogP contribution in [0.1, 0.15) is 18.1 Å². The maximum Gasteiger partial charge on any atom is 0.281 e. The summed E-state index contributed by atoms with van der Waals surface area (Å²) in [6, 6.07) is 18.6. The second kappa shape index (κ2) is 10.4. The van der Waals surface area contributed by atoms with E-state index in [0.717, 1.165) is 11.1 Å². The number of nitrogens with zero attached hydrogens (tertiary/aromatic N) is 1. The highest BCUT2D eigenvalue weighted by Crippen LogP contribution is 2.31. The van der Waals surface area contributed by atoms with Gasteiger partial charge in [0.2, 0.25) is 0 Å². The third-order valence-electron chi connectivity index (χ3n) is 5.10. The van der Waals surface area contributed by atoms with Gasteiger partial charge in [-0.3, -0.25) is 9.69 Å². The standard InChI is InChI=1S/C26H23FN2O4S/c1-3-32-24-15-18(6-13-23(24)33-16-17-4-7-19(27)8-5-17)14-22-25(30)29(26(34)28-22)20-9-11-21(31-2)12-10-20/h4-15H,3,16H2,1-2H3,(H,28,34). The summed E-state index contributed by atoms with van der Waals surface area (Å²) in [5.74, 6) is 1.23. The summed E-state index contributed by atoms with van der Waals surface area (Å²) < 4.78 is 29.9. The van der Waals surface area contributed by atoms with E-state index in [1.165, 1.54) is 17.0 Å². The van der Waals surface area contributed by atoms with E-state index < -0.39 is 0 Å². The molecule has 34 heavy (non-hydrogen) atoms. The fourth-order valence-corrected chi connectivity index (χ4v) is 3.71. The van der Waals surface area contributed by atoms with Gasteiger partial charge in [-0.1, -0.05) is 18.2 Å². The minimum Gasteiger partial charge on any atom is -0.497 e. The summed E-state index contributed by atoms with van der Waals surface area (Å²) in [5, 5.41) is 3.28. The van der Waals surface area contributed by atoms with Crippen molar-refractivity contribution in [1.29, 1.82) is 0 Å². The Hall–Kier alpha value is -3.91. The third kappa shape index (κ3) is 5.18. The van der Waals surface area contributed by atoms with Crippen LogP contribution in [-0.2, 0) is 11.4 Å². The molecular formula is C26H23FN2O4S. The molecule has 0 saturated carbocycles. The van der Waals surface area contributed by atoms with Crippen LogP contribution >= 0.6 is 12.2 Å². The minimum absolute atomic E-state index is 0.259. The van der Waals surface area contributed by atoms with Gasteiger partial charge in [0.1, 0.15) is 23.9 Å². The molecule has 0 aliphatic carbocycles. The highest BCUT2D eigenvalue weighted by atomic mass is 32.1. The first-order valence-electron chi connectivity index (χ1n) is 10.6. The van der Waals surface area contributed by atoms with E-state index in [1.807, 2.05) is 13.0 Å². The lowest BCUT2D eigenvalue weighted by Crippen LogP contribution is -2.30. The van der Waals surface area contributed by atoms with Gasteiger partial charge >= 0.3 is 0 Å². The molecule has 6 nitrogen and oxygen atoms in total. The number of benzene rings is 3. The van der Waals surface area contributed by atoms with E-state index in [0.29, 0.717) is 40.4 Å². The topological polar surface area (TPSA) is 60.0 Å². The van der Waals surface area contributed by atoms with Crippen molar-refractivity contribution >= 4 is 35.0 Å². The van der Waals surface area contributed by atoms with E-state index in [9.17, 15) is 9.18 Å². The molecule has 3 aromatic rings. The van der Waals surface area contributed by atoms with Gasteiger partial charge in [-0.05, 0) is 84.9 Å². The van der Waals surface area contributed by atoms with Crippen molar-refractivity contribution in [3.05, 3.63) is 89.4 Å². The zero-order chi connectivity index (χ0) is 24.1. The summed E-state index contributed by atoms with van der Waals surface area (Å²) in [5.41, 5.74) is 2.57. The molecule has 3 aromatic carbocycles. The quantitative estimate of drug-likeness (QED) is 0.360. The van der Waals surface area contributed by atoms with E-state index in [4.69, 9.17) is 26.4 Å². The fourth-order valence-electron chi connectivity index (χ4n) is 3.41. The molecule has 1 aliphatic rings. The second-order valence-corrected chi connectivity index (χ2v) is 7.77. The minimum atomic E-state index is -0.295. The van der Waals surface area contributed by atoms with Gasteiger partial charge in [0, 0.05) is 0 Å². The molecule has 0 radical (unpaired) electrons. The van der Waals surface area contributed by atoms with Crippen molar-refractivity contribution < 1.29 is 23.4 Å². The summed E-state index contributed by atoms with van der Waals surface area (Å²) in [6.07, 6.45) is 1.71.